The molecule has 3 aliphatic heterocycles. The molecule has 6 rings (SSSR count). The lowest BCUT2D eigenvalue weighted by atomic mass is 9.84. The van der Waals surface area contributed by atoms with Gasteiger partial charge in [-0.3, -0.25) is 9.89 Å². The average Bonchev–Trinajstić information content (AvgIpc) is 3.17. The zero-order valence-electron chi connectivity index (χ0n) is 15.6. The molecule has 4 heterocycles. The SMILES string of the molecule is O=C(N[C@H]1CN2CCC1CC2)c1n[nH]c2cc(C#Cc3ccccc3)ccc12. The van der Waals surface area contributed by atoms with E-state index in [0.29, 0.717) is 11.6 Å². The van der Waals surface area contributed by atoms with Gasteiger partial charge in [-0.1, -0.05) is 30.0 Å². The number of H-pyrrole nitrogens is 1. The molecule has 0 radical (unpaired) electrons. The van der Waals surface area contributed by atoms with Gasteiger partial charge in [-0.15, -0.1) is 0 Å². The minimum atomic E-state index is -0.0897. The third-order valence-electron chi connectivity index (χ3n) is 5.88. The van der Waals surface area contributed by atoms with Crippen molar-refractivity contribution >= 4 is 16.8 Å². The lowest BCUT2D eigenvalue weighted by Crippen LogP contribution is -2.57. The molecular weight excluding hydrogens is 348 g/mol. The molecule has 2 aromatic carbocycles. The molecule has 140 valence electrons. The van der Waals surface area contributed by atoms with Crippen molar-refractivity contribution in [2.45, 2.75) is 18.9 Å². The predicted octanol–water partition coefficient (Wildman–Crippen LogP) is 2.79. The fourth-order valence-corrected chi connectivity index (χ4v) is 4.30. The third-order valence-corrected chi connectivity index (χ3v) is 5.88. The van der Waals surface area contributed by atoms with Crippen LogP contribution >= 0.6 is 0 Å². The van der Waals surface area contributed by atoms with E-state index in [1.54, 1.807) is 0 Å². The van der Waals surface area contributed by atoms with E-state index in [9.17, 15) is 4.79 Å². The van der Waals surface area contributed by atoms with E-state index in [1.165, 1.54) is 12.8 Å². The number of benzene rings is 2. The van der Waals surface area contributed by atoms with E-state index in [0.717, 1.165) is 41.7 Å². The second-order valence-corrected chi connectivity index (χ2v) is 7.67. The van der Waals surface area contributed by atoms with Crippen molar-refractivity contribution in [2.75, 3.05) is 19.6 Å². The molecule has 3 aliphatic rings. The van der Waals surface area contributed by atoms with Crippen molar-refractivity contribution < 1.29 is 4.79 Å². The smallest absolute Gasteiger partial charge is 0.272 e. The Balaban J connectivity index is 1.35. The number of carbonyl (C=O) groups is 1. The monoisotopic (exact) mass is 370 g/mol. The van der Waals surface area contributed by atoms with Crippen molar-refractivity contribution in [1.82, 2.24) is 20.4 Å². The molecule has 0 unspecified atom stereocenters. The van der Waals surface area contributed by atoms with Gasteiger partial charge in [-0.05, 0) is 62.2 Å². The van der Waals surface area contributed by atoms with E-state index in [4.69, 9.17) is 0 Å². The molecule has 1 atom stereocenters. The number of amides is 1. The van der Waals surface area contributed by atoms with Crippen LogP contribution in [0.4, 0.5) is 0 Å². The van der Waals surface area contributed by atoms with Crippen LogP contribution in [0.15, 0.2) is 48.5 Å². The Kier molecular flexibility index (Phi) is 4.34. The van der Waals surface area contributed by atoms with Gasteiger partial charge in [0.2, 0.25) is 0 Å². The minimum absolute atomic E-state index is 0.0897. The minimum Gasteiger partial charge on any atom is -0.346 e. The summed E-state index contributed by atoms with van der Waals surface area (Å²) in [5.41, 5.74) is 3.17. The number of hydrogen-bond acceptors (Lipinski definition) is 3. The van der Waals surface area contributed by atoms with E-state index in [2.05, 4.69) is 32.3 Å². The predicted molar refractivity (Wildman–Crippen MR) is 109 cm³/mol. The van der Waals surface area contributed by atoms with Crippen LogP contribution in [0.5, 0.6) is 0 Å². The topological polar surface area (TPSA) is 61.0 Å². The van der Waals surface area contributed by atoms with Gasteiger partial charge in [0, 0.05) is 29.1 Å². The van der Waals surface area contributed by atoms with Crippen molar-refractivity contribution in [3.63, 3.8) is 0 Å². The van der Waals surface area contributed by atoms with Crippen molar-refractivity contribution in [3.05, 3.63) is 65.4 Å². The highest BCUT2D eigenvalue weighted by Gasteiger charge is 2.35. The maximum Gasteiger partial charge on any atom is 0.272 e. The molecule has 3 fully saturated rings. The molecular formula is C23H22N4O. The number of piperidine rings is 3. The van der Waals surface area contributed by atoms with Crippen LogP contribution < -0.4 is 5.32 Å². The largest absolute Gasteiger partial charge is 0.346 e. The van der Waals surface area contributed by atoms with Crippen LogP contribution in [0.2, 0.25) is 0 Å². The summed E-state index contributed by atoms with van der Waals surface area (Å²) in [6.07, 6.45) is 2.35. The lowest BCUT2D eigenvalue weighted by Gasteiger charge is -2.44. The summed E-state index contributed by atoms with van der Waals surface area (Å²) in [6.45, 7) is 3.28. The molecule has 5 heteroatoms. The van der Waals surface area contributed by atoms with Gasteiger partial charge in [0.1, 0.15) is 0 Å². The average molecular weight is 370 g/mol. The number of rotatable bonds is 2. The summed E-state index contributed by atoms with van der Waals surface area (Å²) in [7, 11) is 0. The zero-order chi connectivity index (χ0) is 18.9. The molecule has 2 N–H and O–H groups in total. The first-order valence-corrected chi connectivity index (χ1v) is 9.85. The second-order valence-electron chi connectivity index (χ2n) is 7.67. The summed E-state index contributed by atoms with van der Waals surface area (Å²) < 4.78 is 0. The van der Waals surface area contributed by atoms with Crippen LogP contribution in [0, 0.1) is 17.8 Å². The molecule has 1 aromatic heterocycles. The Morgan fingerprint density at radius 3 is 2.61 bits per heavy atom. The van der Waals surface area contributed by atoms with Gasteiger partial charge in [0.05, 0.1) is 5.52 Å². The summed E-state index contributed by atoms with van der Waals surface area (Å²) in [4.78, 5) is 15.3. The van der Waals surface area contributed by atoms with Gasteiger partial charge >= 0.3 is 0 Å². The summed E-state index contributed by atoms with van der Waals surface area (Å²) in [5.74, 6) is 6.83. The van der Waals surface area contributed by atoms with Crippen LogP contribution in [0.25, 0.3) is 10.9 Å². The second kappa shape index (κ2) is 7.14. The van der Waals surface area contributed by atoms with Crippen molar-refractivity contribution in [3.8, 4) is 11.8 Å². The number of fused-ring (bicyclic) bond motifs is 4. The number of aromatic amines is 1. The summed E-state index contributed by atoms with van der Waals surface area (Å²) in [5, 5.41) is 11.3. The van der Waals surface area contributed by atoms with Crippen molar-refractivity contribution in [1.29, 1.82) is 0 Å². The summed E-state index contributed by atoms with van der Waals surface area (Å²) in [6, 6.07) is 15.9. The first-order chi connectivity index (χ1) is 13.8. The Bertz CT molecular complexity index is 1070. The van der Waals surface area contributed by atoms with E-state index < -0.39 is 0 Å². The number of aromatic nitrogens is 2. The molecule has 2 bridgehead atoms. The molecule has 0 aliphatic carbocycles. The Labute approximate surface area is 164 Å². The fraction of sp³-hybridized carbons (Fsp3) is 0.304. The molecule has 1 amide bonds. The van der Waals surface area contributed by atoms with E-state index in [-0.39, 0.29) is 11.9 Å². The lowest BCUT2D eigenvalue weighted by molar-refractivity contribution is 0.0618. The van der Waals surface area contributed by atoms with Gasteiger partial charge in [-0.25, -0.2) is 0 Å². The molecule has 3 saturated heterocycles. The van der Waals surface area contributed by atoms with Crippen LogP contribution in [-0.2, 0) is 0 Å². The quantitative estimate of drug-likeness (QED) is 0.682. The van der Waals surface area contributed by atoms with Crippen LogP contribution in [0.3, 0.4) is 0 Å². The molecule has 0 spiro atoms. The Hall–Kier alpha value is -3.10. The van der Waals surface area contributed by atoms with Crippen molar-refractivity contribution in [2.24, 2.45) is 5.92 Å². The highest BCUT2D eigenvalue weighted by Crippen LogP contribution is 2.28. The highest BCUT2D eigenvalue weighted by molar-refractivity contribution is 6.05. The molecule has 28 heavy (non-hydrogen) atoms. The maximum absolute atomic E-state index is 12.8. The number of nitrogens with one attached hydrogen (secondary N) is 2. The standard InChI is InChI=1S/C23H22N4O/c28-23(24-21-15-27-12-10-18(21)11-13-27)22-19-9-8-17(14-20(19)25-26-22)7-6-16-4-2-1-3-5-16/h1-5,8-9,14,18,21H,10-13,15H2,(H,24,28)(H,25,26)/t21-/m0/s1. The van der Waals surface area contributed by atoms with Crippen LogP contribution in [0.1, 0.15) is 34.5 Å². The van der Waals surface area contributed by atoms with Gasteiger partial charge in [-0.2, -0.15) is 5.10 Å². The van der Waals surface area contributed by atoms with Gasteiger partial charge < -0.3 is 10.2 Å². The fourth-order valence-electron chi connectivity index (χ4n) is 4.30. The highest BCUT2D eigenvalue weighted by atomic mass is 16.2. The molecule has 3 aromatic rings. The number of hydrogen-bond donors (Lipinski definition) is 2. The van der Waals surface area contributed by atoms with E-state index in [1.807, 2.05) is 48.5 Å². The zero-order valence-corrected chi connectivity index (χ0v) is 15.6. The van der Waals surface area contributed by atoms with E-state index >= 15 is 0 Å². The number of nitrogens with zero attached hydrogens (tertiary/aromatic N) is 2. The first kappa shape index (κ1) is 17.0. The Morgan fingerprint density at radius 1 is 1.07 bits per heavy atom. The van der Waals surface area contributed by atoms with Crippen LogP contribution in [-0.4, -0.2) is 46.7 Å². The maximum atomic E-state index is 12.8. The number of carbonyl (C=O) groups excluding carboxylic acids is 1. The molecule has 0 saturated carbocycles. The summed E-state index contributed by atoms with van der Waals surface area (Å²) >= 11 is 0. The normalized spacial score (nSPS) is 23.2. The molecule has 5 nitrogen and oxygen atoms in total. The van der Waals surface area contributed by atoms with Gasteiger partial charge in [0.25, 0.3) is 5.91 Å². The van der Waals surface area contributed by atoms with Gasteiger partial charge in [0.15, 0.2) is 5.69 Å². The Morgan fingerprint density at radius 2 is 1.86 bits per heavy atom. The third kappa shape index (κ3) is 3.28. The first-order valence-electron chi connectivity index (χ1n) is 9.85.